The van der Waals surface area contributed by atoms with Crippen LogP contribution in [0.1, 0.15) is 19.4 Å². The molecule has 0 aliphatic carbocycles. The van der Waals surface area contributed by atoms with E-state index in [9.17, 15) is 9.90 Å². The lowest BCUT2D eigenvalue weighted by atomic mass is 10.1. The molecule has 2 atom stereocenters. The number of carbonyl (C=O) groups is 1. The zero-order valence-corrected chi connectivity index (χ0v) is 14.0. The molecular formula is C13H18INO3P+. The van der Waals surface area contributed by atoms with E-state index in [4.69, 9.17) is 4.74 Å². The number of benzene rings is 1. The van der Waals surface area contributed by atoms with Gasteiger partial charge in [-0.3, -0.25) is 4.79 Å². The SMILES string of the molecule is C=[P+](I)NC(Cc1ccccc1O)C(=O)OC(C)C. The van der Waals surface area contributed by atoms with Crippen LogP contribution in [0, 0.1) is 0 Å². The molecule has 1 rings (SSSR count). The fourth-order valence-electron chi connectivity index (χ4n) is 1.57. The van der Waals surface area contributed by atoms with E-state index in [1.54, 1.807) is 18.2 Å². The highest BCUT2D eigenvalue weighted by Crippen LogP contribution is 2.27. The summed E-state index contributed by atoms with van der Waals surface area (Å²) in [4.78, 5) is 12.0. The van der Waals surface area contributed by atoms with Gasteiger partial charge < -0.3 is 9.84 Å². The first-order chi connectivity index (χ1) is 8.90. The molecule has 0 radical (unpaired) electrons. The summed E-state index contributed by atoms with van der Waals surface area (Å²) in [5, 5.41) is 12.2. The summed E-state index contributed by atoms with van der Waals surface area (Å²) in [6.45, 7) is 3.62. The Morgan fingerprint density at radius 1 is 1.53 bits per heavy atom. The number of rotatable bonds is 6. The maximum atomic E-state index is 12.0. The van der Waals surface area contributed by atoms with Gasteiger partial charge in [-0.2, -0.15) is 0 Å². The van der Waals surface area contributed by atoms with Gasteiger partial charge in [-0.25, -0.2) is 0 Å². The van der Waals surface area contributed by atoms with E-state index >= 15 is 0 Å². The molecule has 6 heteroatoms. The Labute approximate surface area is 127 Å². The monoisotopic (exact) mass is 394 g/mol. The topological polar surface area (TPSA) is 58.6 Å². The number of carbonyl (C=O) groups excluding carboxylic acids is 1. The fourth-order valence-corrected chi connectivity index (χ4v) is 3.11. The van der Waals surface area contributed by atoms with Crippen LogP contribution in [0.4, 0.5) is 0 Å². The second-order valence-corrected chi connectivity index (χ2v) is 8.84. The van der Waals surface area contributed by atoms with Crippen LogP contribution in [0.3, 0.4) is 0 Å². The molecule has 0 saturated heterocycles. The van der Waals surface area contributed by atoms with Crippen molar-refractivity contribution >= 4 is 39.6 Å². The van der Waals surface area contributed by atoms with Crippen molar-refractivity contribution in [3.63, 3.8) is 0 Å². The normalized spacial score (nSPS) is 13.2. The van der Waals surface area contributed by atoms with E-state index in [0.29, 0.717) is 12.0 Å². The lowest BCUT2D eigenvalue weighted by molar-refractivity contribution is -0.149. The molecule has 19 heavy (non-hydrogen) atoms. The Morgan fingerprint density at radius 2 is 2.16 bits per heavy atom. The minimum atomic E-state index is -0.716. The second-order valence-electron chi connectivity index (χ2n) is 4.36. The van der Waals surface area contributed by atoms with E-state index in [-0.39, 0.29) is 17.8 Å². The molecule has 1 aromatic carbocycles. The van der Waals surface area contributed by atoms with Crippen LogP contribution in [0.25, 0.3) is 0 Å². The molecule has 2 unspecified atom stereocenters. The first-order valence-electron chi connectivity index (χ1n) is 5.90. The van der Waals surface area contributed by atoms with Crippen molar-refractivity contribution < 1.29 is 14.6 Å². The summed E-state index contributed by atoms with van der Waals surface area (Å²) in [5.74, 6) is -0.125. The maximum Gasteiger partial charge on any atom is 0.327 e. The van der Waals surface area contributed by atoms with Crippen molar-refractivity contribution in [1.82, 2.24) is 5.09 Å². The zero-order valence-electron chi connectivity index (χ0n) is 11.0. The third-order valence-electron chi connectivity index (χ3n) is 2.35. The van der Waals surface area contributed by atoms with Gasteiger partial charge in [-0.1, -0.05) is 18.2 Å². The Kier molecular flexibility index (Phi) is 6.75. The lowest BCUT2D eigenvalue weighted by Crippen LogP contribution is -2.36. The molecule has 0 amide bonds. The summed E-state index contributed by atoms with van der Waals surface area (Å²) < 4.78 is 5.22. The Hall–Kier alpha value is -0.650. The van der Waals surface area contributed by atoms with Gasteiger partial charge in [0.2, 0.25) is 5.34 Å². The first-order valence-corrected chi connectivity index (χ1v) is 10.2. The second kappa shape index (κ2) is 7.82. The maximum absolute atomic E-state index is 12.0. The molecule has 0 heterocycles. The number of ether oxygens (including phenoxy) is 1. The molecular weight excluding hydrogens is 376 g/mol. The Bertz CT molecular complexity index is 465. The highest BCUT2D eigenvalue weighted by molar-refractivity contribution is 14.2. The molecule has 2 N–H and O–H groups in total. The number of hydrogen-bond acceptors (Lipinski definition) is 4. The van der Waals surface area contributed by atoms with Crippen LogP contribution in [-0.4, -0.2) is 29.5 Å². The molecule has 1 aromatic rings. The summed E-state index contributed by atoms with van der Waals surface area (Å²) >= 11 is 2.15. The largest absolute Gasteiger partial charge is 0.508 e. The van der Waals surface area contributed by atoms with Crippen LogP contribution in [0.5, 0.6) is 5.75 Å². The number of nitrogens with one attached hydrogen (secondary N) is 1. The van der Waals surface area contributed by atoms with Crippen LogP contribution in [0.15, 0.2) is 24.3 Å². The highest BCUT2D eigenvalue weighted by atomic mass is 127. The minimum absolute atomic E-state index is 0.161. The van der Waals surface area contributed by atoms with Crippen molar-refractivity contribution in [2.24, 2.45) is 0 Å². The van der Waals surface area contributed by atoms with Gasteiger partial charge >= 0.3 is 5.97 Å². The van der Waals surface area contributed by atoms with Crippen molar-refractivity contribution in [3.8, 4) is 5.75 Å². The van der Waals surface area contributed by atoms with E-state index < -0.39 is 11.4 Å². The number of aromatic hydroxyl groups is 1. The number of phenolic OH excluding ortho intramolecular Hbond substituents is 1. The van der Waals surface area contributed by atoms with Crippen molar-refractivity contribution in [2.45, 2.75) is 32.4 Å². The third-order valence-corrected chi connectivity index (χ3v) is 3.78. The van der Waals surface area contributed by atoms with E-state index in [0.717, 1.165) is 0 Å². The van der Waals surface area contributed by atoms with Gasteiger partial charge in [0.15, 0.2) is 6.04 Å². The van der Waals surface area contributed by atoms with Gasteiger partial charge in [0.25, 0.3) is 22.0 Å². The molecule has 0 saturated carbocycles. The molecule has 0 aliphatic heterocycles. The molecule has 0 spiro atoms. The van der Waals surface area contributed by atoms with E-state index in [1.807, 2.05) is 19.9 Å². The van der Waals surface area contributed by atoms with Crippen LogP contribution < -0.4 is 5.09 Å². The molecule has 0 bridgehead atoms. The van der Waals surface area contributed by atoms with E-state index in [1.165, 1.54) is 0 Å². The van der Waals surface area contributed by atoms with Crippen LogP contribution in [-0.2, 0) is 16.0 Å². The van der Waals surface area contributed by atoms with Crippen molar-refractivity contribution in [3.05, 3.63) is 29.8 Å². The average molecular weight is 394 g/mol. The molecule has 4 nitrogen and oxygen atoms in total. The third kappa shape index (κ3) is 5.89. The quantitative estimate of drug-likeness (QED) is 0.443. The number of hydrogen-bond donors (Lipinski definition) is 2. The van der Waals surface area contributed by atoms with Gasteiger partial charge in [0, 0.05) is 6.42 Å². The Morgan fingerprint density at radius 3 is 2.68 bits per heavy atom. The molecule has 0 aromatic heterocycles. The first kappa shape index (κ1) is 16.4. The number of phenols is 1. The zero-order chi connectivity index (χ0) is 14.4. The van der Waals surface area contributed by atoms with Crippen LogP contribution in [0.2, 0.25) is 0 Å². The lowest BCUT2D eigenvalue weighted by Gasteiger charge is -2.15. The summed E-state index contributed by atoms with van der Waals surface area (Å²) in [6, 6.07) is 6.50. The molecule has 104 valence electrons. The molecule has 0 fully saturated rings. The molecule has 0 aliphatic rings. The summed E-state index contributed by atoms with van der Waals surface area (Å²) in [7, 11) is 0. The minimum Gasteiger partial charge on any atom is -0.508 e. The predicted molar refractivity (Wildman–Crippen MR) is 88.0 cm³/mol. The van der Waals surface area contributed by atoms with Crippen LogP contribution >= 0.6 is 27.4 Å². The van der Waals surface area contributed by atoms with Gasteiger partial charge in [0.1, 0.15) is 12.0 Å². The highest BCUT2D eigenvalue weighted by Gasteiger charge is 2.26. The predicted octanol–water partition coefficient (Wildman–Crippen LogP) is 3.02. The number of halogens is 1. The van der Waals surface area contributed by atoms with Crippen molar-refractivity contribution in [1.29, 1.82) is 0 Å². The Balaban J connectivity index is 2.83. The van der Waals surface area contributed by atoms with E-state index in [2.05, 4.69) is 33.4 Å². The van der Waals surface area contributed by atoms with Gasteiger partial charge in [-0.15, -0.1) is 5.09 Å². The van der Waals surface area contributed by atoms with Gasteiger partial charge in [-0.05, 0) is 25.5 Å². The number of para-hydroxylation sites is 1. The summed E-state index contributed by atoms with van der Waals surface area (Å²) in [5.41, 5.74) is 0.717. The fraction of sp³-hybridized carbons (Fsp3) is 0.385. The summed E-state index contributed by atoms with van der Waals surface area (Å²) in [6.07, 6.45) is 4.10. The van der Waals surface area contributed by atoms with Gasteiger partial charge in [0.05, 0.1) is 6.10 Å². The average Bonchev–Trinajstić information content (AvgIpc) is 2.29. The number of esters is 1. The van der Waals surface area contributed by atoms with Crippen molar-refractivity contribution in [2.75, 3.05) is 0 Å². The smallest absolute Gasteiger partial charge is 0.327 e. The standard InChI is InChI=1S/C13H17INO3P/c1-9(2)18-13(17)11(15-19(3)14)8-10-6-4-5-7-12(10)16/h4-7,9,11,15H,3,8H2,1-2H3/p+1.